The van der Waals surface area contributed by atoms with Crippen LogP contribution in [-0.4, -0.2) is 23.3 Å². The first-order valence-corrected chi connectivity index (χ1v) is 12.7. The molecular weight excluding hydrogens is 448 g/mol. The molecule has 0 spiro atoms. The summed E-state index contributed by atoms with van der Waals surface area (Å²) in [7, 11) is 0. The fourth-order valence-electron chi connectivity index (χ4n) is 3.24. The largest absolute Gasteiger partial charge is 0.445 e. The van der Waals surface area contributed by atoms with Crippen molar-refractivity contribution in [1.82, 2.24) is 0 Å². The van der Waals surface area contributed by atoms with Gasteiger partial charge in [-0.05, 0) is 74.7 Å². The van der Waals surface area contributed by atoms with Crippen LogP contribution in [-0.2, 0) is 9.53 Å². The molecule has 0 aliphatic heterocycles. The number of carbonyl (C=O) groups excluding carboxylic acids is 1. The predicted octanol–water partition coefficient (Wildman–Crippen LogP) is 6.34. The number of rotatable bonds is 15. The van der Waals surface area contributed by atoms with Crippen molar-refractivity contribution in [2.75, 3.05) is 0 Å². The van der Waals surface area contributed by atoms with E-state index in [4.69, 9.17) is 22.0 Å². The van der Waals surface area contributed by atoms with Crippen LogP contribution in [0, 0.1) is 48.4 Å². The van der Waals surface area contributed by atoms with Crippen LogP contribution in [0.5, 0.6) is 0 Å². The van der Waals surface area contributed by atoms with Crippen molar-refractivity contribution in [3.05, 3.63) is 48.0 Å². The van der Waals surface area contributed by atoms with E-state index in [2.05, 4.69) is 35.5 Å². The minimum absolute atomic E-state index is 0.370. The molecule has 36 heavy (non-hydrogen) atoms. The Morgan fingerprint density at radius 3 is 1.92 bits per heavy atom. The highest BCUT2D eigenvalue weighted by atomic mass is 16.5. The second kappa shape index (κ2) is 20.8. The number of furan rings is 1. The van der Waals surface area contributed by atoms with Crippen molar-refractivity contribution in [2.45, 2.75) is 96.2 Å². The molecule has 2 atom stereocenters. The first kappa shape index (κ1) is 30.5. The van der Waals surface area contributed by atoms with Gasteiger partial charge in [-0.3, -0.25) is 4.79 Å². The zero-order valence-corrected chi connectivity index (χ0v) is 21.4. The van der Waals surface area contributed by atoms with E-state index in [1.165, 1.54) is 6.92 Å². The Morgan fingerprint density at radius 1 is 0.889 bits per heavy atom. The number of unbranched alkanes of at least 4 members (excludes halogenated alkanes) is 10. The van der Waals surface area contributed by atoms with E-state index in [1.807, 2.05) is 24.3 Å². The van der Waals surface area contributed by atoms with Crippen LogP contribution in [0.2, 0.25) is 0 Å². The Kier molecular flexibility index (Phi) is 17.6. The predicted molar refractivity (Wildman–Crippen MR) is 145 cm³/mol. The lowest BCUT2D eigenvalue weighted by Gasteiger charge is -2.04. The average molecular weight is 487 g/mol. The third-order valence-corrected chi connectivity index (χ3v) is 5.13. The van der Waals surface area contributed by atoms with Gasteiger partial charge >= 0.3 is 5.97 Å². The highest BCUT2D eigenvalue weighted by Gasteiger charge is 2.02. The number of terminal acetylenes is 2. The van der Waals surface area contributed by atoms with Crippen LogP contribution in [0.25, 0.3) is 0 Å². The molecule has 1 aromatic rings. The van der Waals surface area contributed by atoms with E-state index in [0.29, 0.717) is 11.5 Å². The number of carbonyl (C=O) groups is 1. The molecule has 0 aliphatic carbocycles. The van der Waals surface area contributed by atoms with Crippen LogP contribution < -0.4 is 0 Å². The number of hydrogen-bond acceptors (Lipinski definition) is 4. The summed E-state index contributed by atoms with van der Waals surface area (Å²) < 4.78 is 10.6. The van der Waals surface area contributed by atoms with Gasteiger partial charge in [0.1, 0.15) is 6.10 Å². The van der Waals surface area contributed by atoms with Gasteiger partial charge in [-0.15, -0.1) is 12.8 Å². The molecule has 190 valence electrons. The molecule has 4 nitrogen and oxygen atoms in total. The third-order valence-electron chi connectivity index (χ3n) is 5.13. The molecule has 1 aromatic heterocycles. The van der Waals surface area contributed by atoms with Gasteiger partial charge in [-0.25, -0.2) is 0 Å². The Morgan fingerprint density at radius 2 is 1.42 bits per heavy atom. The molecule has 0 amide bonds. The first-order valence-electron chi connectivity index (χ1n) is 12.7. The summed E-state index contributed by atoms with van der Waals surface area (Å²) in [4.78, 5) is 10.9. The summed E-state index contributed by atoms with van der Waals surface area (Å²) in [5.41, 5.74) is 0. The molecule has 0 unspecified atom stereocenters. The van der Waals surface area contributed by atoms with Crippen molar-refractivity contribution in [1.29, 1.82) is 0 Å². The minimum atomic E-state index is -0.769. The normalized spacial score (nSPS) is 12.1. The standard InChI is InChI=1S/C32H38O4/c1-4-29(34)22-18-14-10-6-7-12-16-20-24-31-26-27-32(36-31)25-21-17-13-9-8-11-15-19-23-30(5-2)35-28(3)33/h1-2,18-19,22-23,26-27,29-30,34H,6-17H2,3H3/b22-18+,23-19+/t29-,30+/m0/s1. The van der Waals surface area contributed by atoms with E-state index >= 15 is 0 Å². The summed E-state index contributed by atoms with van der Waals surface area (Å²) >= 11 is 0. The quantitative estimate of drug-likeness (QED) is 0.136. The molecule has 1 N–H and O–H groups in total. The summed E-state index contributed by atoms with van der Waals surface area (Å²) in [5, 5.41) is 9.22. The minimum Gasteiger partial charge on any atom is -0.445 e. The van der Waals surface area contributed by atoms with E-state index in [-0.39, 0.29) is 5.97 Å². The molecule has 1 heterocycles. The van der Waals surface area contributed by atoms with Crippen LogP contribution in [0.4, 0.5) is 0 Å². The monoisotopic (exact) mass is 486 g/mol. The molecule has 0 saturated heterocycles. The lowest BCUT2D eigenvalue weighted by molar-refractivity contribution is -0.142. The van der Waals surface area contributed by atoms with Crippen LogP contribution >= 0.6 is 0 Å². The van der Waals surface area contributed by atoms with Gasteiger partial charge in [0.15, 0.2) is 17.6 Å². The second-order valence-electron chi connectivity index (χ2n) is 8.34. The van der Waals surface area contributed by atoms with Crippen molar-refractivity contribution >= 4 is 5.97 Å². The van der Waals surface area contributed by atoms with Crippen LogP contribution in [0.1, 0.15) is 95.5 Å². The lowest BCUT2D eigenvalue weighted by atomic mass is 10.1. The van der Waals surface area contributed by atoms with Crippen molar-refractivity contribution in [3.8, 4) is 48.4 Å². The smallest absolute Gasteiger partial charge is 0.304 e. The zero-order valence-electron chi connectivity index (χ0n) is 21.4. The third kappa shape index (κ3) is 17.0. The van der Waals surface area contributed by atoms with E-state index in [0.717, 1.165) is 77.0 Å². The van der Waals surface area contributed by atoms with Gasteiger partial charge < -0.3 is 14.3 Å². The molecular formula is C32H38O4. The summed E-state index contributed by atoms with van der Waals surface area (Å²) in [6.45, 7) is 1.35. The van der Waals surface area contributed by atoms with Gasteiger partial charge in [0.25, 0.3) is 0 Å². The lowest BCUT2D eigenvalue weighted by Crippen LogP contribution is -2.10. The van der Waals surface area contributed by atoms with Gasteiger partial charge in [0.2, 0.25) is 0 Å². The van der Waals surface area contributed by atoms with Gasteiger partial charge in [0, 0.05) is 19.8 Å². The number of allylic oxidation sites excluding steroid dienone is 2. The van der Waals surface area contributed by atoms with Crippen molar-refractivity contribution in [2.24, 2.45) is 0 Å². The van der Waals surface area contributed by atoms with E-state index < -0.39 is 12.2 Å². The molecule has 0 radical (unpaired) electrons. The second-order valence-corrected chi connectivity index (χ2v) is 8.34. The Bertz CT molecular complexity index is 1020. The molecule has 0 saturated carbocycles. The molecule has 0 bridgehead atoms. The molecule has 0 aromatic carbocycles. The number of esters is 1. The SMILES string of the molecule is C#C[C@H](/C=C/CCCCCCC#Cc1ccc(C#CCCCCCC/C=C/[C@@H](O)C#C)o1)OC(C)=O. The maximum absolute atomic E-state index is 10.9. The number of aliphatic hydroxyl groups excluding tert-OH is 1. The summed E-state index contributed by atoms with van der Waals surface area (Å²) in [6, 6.07) is 3.74. The first-order chi connectivity index (χ1) is 17.5. The molecule has 4 heteroatoms. The maximum Gasteiger partial charge on any atom is 0.304 e. The van der Waals surface area contributed by atoms with Crippen LogP contribution in [0.15, 0.2) is 40.9 Å². The van der Waals surface area contributed by atoms with E-state index in [1.54, 1.807) is 12.2 Å². The molecule has 0 fully saturated rings. The van der Waals surface area contributed by atoms with Crippen molar-refractivity contribution in [3.63, 3.8) is 0 Å². The Labute approximate surface area is 217 Å². The fourth-order valence-corrected chi connectivity index (χ4v) is 3.24. The van der Waals surface area contributed by atoms with Crippen LogP contribution in [0.3, 0.4) is 0 Å². The maximum atomic E-state index is 10.9. The summed E-state index contributed by atoms with van der Waals surface area (Å²) in [6.07, 6.45) is 28.7. The molecule has 1 rings (SSSR count). The van der Waals surface area contributed by atoms with Gasteiger partial charge in [-0.2, -0.15) is 0 Å². The average Bonchev–Trinajstić information content (AvgIpc) is 3.32. The van der Waals surface area contributed by atoms with Gasteiger partial charge in [0.05, 0.1) is 0 Å². The summed E-state index contributed by atoms with van der Waals surface area (Å²) in [5.74, 6) is 18.1. The van der Waals surface area contributed by atoms with Gasteiger partial charge in [-0.1, -0.05) is 61.5 Å². The number of hydrogen-bond donors (Lipinski definition) is 1. The topological polar surface area (TPSA) is 59.7 Å². The highest BCUT2D eigenvalue weighted by Crippen LogP contribution is 2.09. The Hall–Kier alpha value is -3.57. The van der Waals surface area contributed by atoms with Crippen molar-refractivity contribution < 1.29 is 19.1 Å². The van der Waals surface area contributed by atoms with E-state index in [9.17, 15) is 9.90 Å². The fraction of sp³-hybridized carbons (Fsp3) is 0.469. The molecule has 0 aliphatic rings. The zero-order chi connectivity index (χ0) is 26.3. The Balaban J connectivity index is 2.10. The number of aliphatic hydroxyl groups is 1. The number of ether oxygens (including phenoxy) is 1. The highest BCUT2D eigenvalue weighted by molar-refractivity contribution is 5.66.